The summed E-state index contributed by atoms with van der Waals surface area (Å²) >= 11 is 0. The van der Waals surface area contributed by atoms with Gasteiger partial charge in [0.05, 0.1) is 23.2 Å². The average molecular weight is 503 g/mol. The summed E-state index contributed by atoms with van der Waals surface area (Å²) in [6, 6.07) is 23.8. The number of benzene rings is 3. The van der Waals surface area contributed by atoms with Crippen LogP contribution in [-0.2, 0) is 16.6 Å². The largest absolute Gasteiger partial charge is 0.478 e. The fraction of sp³-hybridized carbons (Fsp3) is 0.310. The second-order valence-corrected chi connectivity index (χ2v) is 15.5. The van der Waals surface area contributed by atoms with Gasteiger partial charge in [-0.15, -0.1) is 0 Å². The molecule has 0 unspecified atom stereocenters. The van der Waals surface area contributed by atoms with E-state index in [9.17, 15) is 15.0 Å². The maximum atomic E-state index is 12.4. The zero-order valence-corrected chi connectivity index (χ0v) is 22.5. The van der Waals surface area contributed by atoms with Crippen LogP contribution in [0.25, 0.3) is 11.0 Å². The average Bonchev–Trinajstić information content (AvgIpc) is 3.22. The number of rotatable bonds is 8. The van der Waals surface area contributed by atoms with Gasteiger partial charge in [-0.3, -0.25) is 0 Å². The summed E-state index contributed by atoms with van der Waals surface area (Å²) in [5, 5.41) is 22.1. The molecule has 0 bridgehead atoms. The number of carbonyl (C=O) groups is 1. The first-order valence-corrected chi connectivity index (χ1v) is 15.1. The molecule has 0 aliphatic rings. The maximum absolute atomic E-state index is 12.4. The van der Waals surface area contributed by atoms with E-state index < -0.39 is 19.9 Å². The van der Waals surface area contributed by atoms with E-state index in [-0.39, 0.29) is 10.6 Å². The van der Waals surface area contributed by atoms with Gasteiger partial charge in [0.25, 0.3) is 0 Å². The molecule has 0 saturated heterocycles. The van der Waals surface area contributed by atoms with E-state index in [0.717, 1.165) is 0 Å². The van der Waals surface area contributed by atoms with E-state index in [1.54, 1.807) is 18.2 Å². The van der Waals surface area contributed by atoms with Gasteiger partial charge >= 0.3 is 5.97 Å². The Labute approximate surface area is 213 Å². The highest BCUT2D eigenvalue weighted by atomic mass is 28.4. The molecule has 1 heterocycles. The Morgan fingerprint density at radius 1 is 0.944 bits per heavy atom. The molecule has 0 saturated carbocycles. The van der Waals surface area contributed by atoms with Crippen LogP contribution >= 0.6 is 0 Å². The minimum atomic E-state index is -2.02. The summed E-state index contributed by atoms with van der Waals surface area (Å²) in [7, 11) is -2.02. The fourth-order valence-electron chi connectivity index (χ4n) is 4.15. The van der Waals surface area contributed by atoms with E-state index >= 15 is 0 Å². The minimum absolute atomic E-state index is 0.0537. The Balaban J connectivity index is 1.91. The summed E-state index contributed by atoms with van der Waals surface area (Å²) in [6.45, 7) is 11.8. The summed E-state index contributed by atoms with van der Waals surface area (Å²) in [5.74, 6) is -0.582. The van der Waals surface area contributed by atoms with Crippen LogP contribution in [0.1, 0.15) is 48.1 Å². The SMILES string of the molecule is CC(C)(C)[Si](C)(C)OCCn1c(C(O)(c2ccccc2)c2ccccc2)nc2ccc(C(=O)O)cc21. The molecule has 0 spiro atoms. The third-order valence-corrected chi connectivity index (χ3v) is 11.8. The zero-order valence-electron chi connectivity index (χ0n) is 21.5. The van der Waals surface area contributed by atoms with Gasteiger partial charge in [0.1, 0.15) is 0 Å². The van der Waals surface area contributed by atoms with Crippen molar-refractivity contribution in [1.82, 2.24) is 9.55 Å². The lowest BCUT2D eigenvalue weighted by Gasteiger charge is -2.36. The molecule has 3 aromatic carbocycles. The zero-order chi connectivity index (χ0) is 26.1. The molecule has 0 aliphatic carbocycles. The number of aromatic carboxylic acids is 1. The van der Waals surface area contributed by atoms with E-state index in [1.165, 1.54) is 0 Å². The van der Waals surface area contributed by atoms with Crippen molar-refractivity contribution >= 4 is 25.3 Å². The molecular weight excluding hydrogens is 468 g/mol. The first-order chi connectivity index (χ1) is 16.9. The predicted octanol–water partition coefficient (Wildman–Crippen LogP) is 6.04. The number of carboxylic acids is 1. The highest BCUT2D eigenvalue weighted by molar-refractivity contribution is 6.74. The Morgan fingerprint density at radius 2 is 1.50 bits per heavy atom. The van der Waals surface area contributed by atoms with Crippen molar-refractivity contribution in [3.63, 3.8) is 0 Å². The van der Waals surface area contributed by atoms with Gasteiger partial charge < -0.3 is 19.2 Å². The van der Waals surface area contributed by atoms with Crippen LogP contribution in [0.2, 0.25) is 18.1 Å². The van der Waals surface area contributed by atoms with Crippen LogP contribution in [0.4, 0.5) is 0 Å². The predicted molar refractivity (Wildman–Crippen MR) is 145 cm³/mol. The second kappa shape index (κ2) is 9.65. The number of carboxylic acid groups (broad SMARTS) is 1. The van der Waals surface area contributed by atoms with Crippen LogP contribution in [0.3, 0.4) is 0 Å². The normalized spacial score (nSPS) is 12.7. The monoisotopic (exact) mass is 502 g/mol. The molecular formula is C29H34N2O4Si. The van der Waals surface area contributed by atoms with Crippen molar-refractivity contribution in [3.8, 4) is 0 Å². The number of aromatic nitrogens is 2. The van der Waals surface area contributed by atoms with Gasteiger partial charge in [-0.2, -0.15) is 0 Å². The fourth-order valence-corrected chi connectivity index (χ4v) is 5.19. The molecule has 36 heavy (non-hydrogen) atoms. The van der Waals surface area contributed by atoms with Gasteiger partial charge in [0, 0.05) is 6.54 Å². The molecule has 0 aliphatic heterocycles. The number of imidazole rings is 1. The molecule has 188 valence electrons. The van der Waals surface area contributed by atoms with Gasteiger partial charge in [-0.1, -0.05) is 81.4 Å². The summed E-state index contributed by atoms with van der Waals surface area (Å²) < 4.78 is 8.38. The van der Waals surface area contributed by atoms with E-state index in [1.807, 2.05) is 65.2 Å². The number of hydrogen-bond acceptors (Lipinski definition) is 4. The van der Waals surface area contributed by atoms with Crippen molar-refractivity contribution < 1.29 is 19.4 Å². The topological polar surface area (TPSA) is 84.6 Å². The van der Waals surface area contributed by atoms with Crippen LogP contribution < -0.4 is 0 Å². The Kier molecular flexibility index (Phi) is 6.92. The standard InChI is InChI=1S/C29H34N2O4Si/c1-28(2,3)36(4,5)35-19-18-31-25-20-21(26(32)33)16-17-24(25)30-27(31)29(34,22-12-8-6-9-13-22)23-14-10-7-11-15-23/h6-17,20,34H,18-19H2,1-5H3,(H,32,33). The Bertz CT molecular complexity index is 1320. The second-order valence-electron chi connectivity index (χ2n) is 10.6. The van der Waals surface area contributed by atoms with Gasteiger partial charge in [-0.05, 0) is 47.5 Å². The molecule has 0 radical (unpaired) electrons. The molecule has 0 atom stereocenters. The third kappa shape index (κ3) is 4.74. The van der Waals surface area contributed by atoms with Gasteiger partial charge in [-0.25, -0.2) is 9.78 Å². The highest BCUT2D eigenvalue weighted by Gasteiger charge is 2.40. The van der Waals surface area contributed by atoms with Crippen molar-refractivity contribution in [1.29, 1.82) is 0 Å². The smallest absolute Gasteiger partial charge is 0.335 e. The van der Waals surface area contributed by atoms with E-state index in [2.05, 4.69) is 33.9 Å². The number of nitrogens with zero attached hydrogens (tertiary/aromatic N) is 2. The van der Waals surface area contributed by atoms with E-state index in [0.29, 0.717) is 41.1 Å². The maximum Gasteiger partial charge on any atom is 0.335 e. The van der Waals surface area contributed by atoms with E-state index in [4.69, 9.17) is 9.41 Å². The Morgan fingerprint density at radius 3 is 2.00 bits per heavy atom. The molecule has 0 fully saturated rings. The minimum Gasteiger partial charge on any atom is -0.478 e. The molecule has 0 amide bonds. The lowest BCUT2D eigenvalue weighted by atomic mass is 9.85. The lowest BCUT2D eigenvalue weighted by Crippen LogP contribution is -2.41. The summed E-state index contributed by atoms with van der Waals surface area (Å²) in [4.78, 5) is 16.6. The number of fused-ring (bicyclic) bond motifs is 1. The first kappa shape index (κ1) is 25.8. The van der Waals surface area contributed by atoms with Crippen molar-refractivity contribution in [2.24, 2.45) is 0 Å². The van der Waals surface area contributed by atoms with Crippen LogP contribution in [0.5, 0.6) is 0 Å². The number of hydrogen-bond donors (Lipinski definition) is 2. The van der Waals surface area contributed by atoms with Crippen LogP contribution in [0, 0.1) is 0 Å². The molecule has 6 nitrogen and oxygen atoms in total. The van der Waals surface area contributed by atoms with Gasteiger partial charge in [0.15, 0.2) is 19.7 Å². The third-order valence-electron chi connectivity index (χ3n) is 7.29. The summed E-state index contributed by atoms with van der Waals surface area (Å²) in [5.41, 5.74) is 1.24. The van der Waals surface area contributed by atoms with Crippen LogP contribution in [-0.4, -0.2) is 40.7 Å². The highest BCUT2D eigenvalue weighted by Crippen LogP contribution is 2.39. The molecule has 4 aromatic rings. The van der Waals surface area contributed by atoms with Crippen molar-refractivity contribution in [2.75, 3.05) is 6.61 Å². The lowest BCUT2D eigenvalue weighted by molar-refractivity contribution is 0.0697. The first-order valence-electron chi connectivity index (χ1n) is 12.2. The molecule has 7 heteroatoms. The molecule has 4 rings (SSSR count). The Hall–Kier alpha value is -3.26. The molecule has 1 aromatic heterocycles. The van der Waals surface area contributed by atoms with Crippen molar-refractivity contribution in [3.05, 3.63) is 101 Å². The quantitative estimate of drug-likeness (QED) is 0.287. The number of aliphatic hydroxyl groups is 1. The molecule has 2 N–H and O–H groups in total. The van der Waals surface area contributed by atoms with Gasteiger partial charge in [0.2, 0.25) is 0 Å². The van der Waals surface area contributed by atoms with Crippen molar-refractivity contribution in [2.45, 2.75) is 51.0 Å². The summed E-state index contributed by atoms with van der Waals surface area (Å²) in [6.07, 6.45) is 0. The van der Waals surface area contributed by atoms with Crippen LogP contribution in [0.15, 0.2) is 78.9 Å².